The Kier molecular flexibility index (Phi) is 11.0. The molecule has 218 valence electrons. The van der Waals surface area contributed by atoms with Gasteiger partial charge in [0.15, 0.2) is 0 Å². The maximum absolute atomic E-state index is 13.2. The number of hydrogen-bond acceptors (Lipinski definition) is 4. The van der Waals surface area contributed by atoms with Gasteiger partial charge in [0.25, 0.3) is 0 Å². The van der Waals surface area contributed by atoms with Gasteiger partial charge < -0.3 is 0 Å². The Balaban J connectivity index is 1.61. The summed E-state index contributed by atoms with van der Waals surface area (Å²) >= 11 is -2.91. The number of rotatable bonds is 16. The fourth-order valence-electron chi connectivity index (χ4n) is 6.47. The van der Waals surface area contributed by atoms with E-state index < -0.39 is 18.4 Å². The second kappa shape index (κ2) is 14.4. The Morgan fingerprint density at radius 1 is 0.610 bits per heavy atom. The molecule has 0 atom stereocenters. The first-order chi connectivity index (χ1) is 19.9. The molecule has 0 aliphatic carbocycles. The van der Waals surface area contributed by atoms with E-state index in [4.69, 9.17) is 0 Å². The number of hydrogen-bond donors (Lipinski definition) is 0. The zero-order valence-corrected chi connectivity index (χ0v) is 27.8. The molecule has 2 aliphatic heterocycles. The molecule has 0 spiro atoms. The minimum absolute atomic E-state index is 0.201. The number of fused-ring (bicyclic) bond motifs is 2. The molecule has 0 N–H and O–H groups in total. The SMILES string of the molecule is CCC[CH2][Sn]([CH2]CCC)([CH2]CCC)/[C](=C\CCN1C(=O)c2ccccc2C1=O)CCN1C(=O)c2ccccc2C1=O. The van der Waals surface area contributed by atoms with Gasteiger partial charge in [0.2, 0.25) is 0 Å². The van der Waals surface area contributed by atoms with Crippen LogP contribution in [0.4, 0.5) is 0 Å². The maximum atomic E-state index is 13.2. The van der Waals surface area contributed by atoms with Crippen LogP contribution in [0.15, 0.2) is 58.2 Å². The molecule has 0 radical (unpaired) electrons. The molecule has 4 amide bonds. The summed E-state index contributed by atoms with van der Waals surface area (Å²) in [6.45, 7) is 7.48. The van der Waals surface area contributed by atoms with Crippen molar-refractivity contribution >= 4 is 42.0 Å². The molecule has 7 heteroatoms. The number of benzene rings is 2. The van der Waals surface area contributed by atoms with Crippen molar-refractivity contribution in [2.75, 3.05) is 13.1 Å². The van der Waals surface area contributed by atoms with Crippen molar-refractivity contribution in [2.45, 2.75) is 85.4 Å². The summed E-state index contributed by atoms with van der Waals surface area (Å²) in [5.74, 6) is -0.839. The summed E-state index contributed by atoms with van der Waals surface area (Å²) in [5.41, 5.74) is 1.95. The van der Waals surface area contributed by atoms with E-state index >= 15 is 0 Å². The molecule has 2 heterocycles. The van der Waals surface area contributed by atoms with Crippen LogP contribution in [0, 0.1) is 0 Å². The Labute approximate surface area is 249 Å². The molecule has 0 unspecified atom stereocenters. The zero-order chi connectivity index (χ0) is 29.4. The third kappa shape index (κ3) is 6.68. The predicted octanol–water partition coefficient (Wildman–Crippen LogP) is 7.67. The Morgan fingerprint density at radius 3 is 1.34 bits per heavy atom. The van der Waals surface area contributed by atoms with E-state index in [0.717, 1.165) is 19.3 Å². The number of carbonyl (C=O) groups excluding carboxylic acids is 4. The van der Waals surface area contributed by atoms with Gasteiger partial charge in [-0.2, -0.15) is 0 Å². The second-order valence-electron chi connectivity index (χ2n) is 11.5. The van der Waals surface area contributed by atoms with Crippen molar-refractivity contribution in [3.8, 4) is 0 Å². The van der Waals surface area contributed by atoms with Crippen LogP contribution in [0.1, 0.15) is 114 Å². The van der Waals surface area contributed by atoms with E-state index in [1.54, 1.807) is 48.5 Å². The van der Waals surface area contributed by atoms with Crippen LogP contribution in [0.3, 0.4) is 0 Å². The third-order valence-corrected chi connectivity index (χ3v) is 25.2. The summed E-state index contributed by atoms with van der Waals surface area (Å²) in [6.07, 6.45) is 10.7. The number of unbranched alkanes of at least 4 members (excludes halogenated alkanes) is 3. The molecule has 0 bridgehead atoms. The van der Waals surface area contributed by atoms with Crippen molar-refractivity contribution in [2.24, 2.45) is 0 Å². The van der Waals surface area contributed by atoms with Crippen LogP contribution in [-0.4, -0.2) is 64.9 Å². The van der Waals surface area contributed by atoms with Crippen molar-refractivity contribution in [1.29, 1.82) is 0 Å². The van der Waals surface area contributed by atoms with Gasteiger partial charge >= 0.3 is 250 Å². The van der Waals surface area contributed by atoms with Gasteiger partial charge in [-0.25, -0.2) is 0 Å². The van der Waals surface area contributed by atoms with E-state index in [2.05, 4.69) is 26.8 Å². The van der Waals surface area contributed by atoms with E-state index in [-0.39, 0.29) is 23.6 Å². The van der Waals surface area contributed by atoms with E-state index in [9.17, 15) is 19.2 Å². The molecule has 2 aromatic carbocycles. The Bertz CT molecular complexity index is 1230. The number of carbonyl (C=O) groups is 4. The predicted molar refractivity (Wildman–Crippen MR) is 166 cm³/mol. The summed E-state index contributed by atoms with van der Waals surface area (Å²) in [7, 11) is 0. The topological polar surface area (TPSA) is 74.8 Å². The van der Waals surface area contributed by atoms with Gasteiger partial charge in [-0.05, 0) is 0 Å². The van der Waals surface area contributed by atoms with Crippen LogP contribution in [0.25, 0.3) is 0 Å². The number of amides is 4. The first-order valence-corrected chi connectivity index (χ1v) is 23.0. The summed E-state index contributed by atoms with van der Waals surface area (Å²) < 4.78 is 5.28. The van der Waals surface area contributed by atoms with Gasteiger partial charge in [-0.3, -0.25) is 0 Å². The number of nitrogens with zero attached hydrogens (tertiary/aromatic N) is 2. The Morgan fingerprint density at radius 2 is 0.976 bits per heavy atom. The van der Waals surface area contributed by atoms with Gasteiger partial charge in [-0.15, -0.1) is 0 Å². The average molecular weight is 663 g/mol. The normalized spacial score (nSPS) is 15.2. The monoisotopic (exact) mass is 664 g/mol. The standard InChI is InChI=1S/C22H17N2O4.3C4H9.Sn/c25-19-15-9-3-4-10-16(15)20(26)23(19)13-7-1-2-8-14-24-21(27)17-11-5-6-12-18(17)22(24)28;3*1-3-4-2;/h1,3-6,9-12H,7-8,13-14H2;3*1,3-4H2,2H3;. The summed E-state index contributed by atoms with van der Waals surface area (Å²) in [4.78, 5) is 55.2. The summed E-state index contributed by atoms with van der Waals surface area (Å²) in [6, 6.07) is 14.1. The first-order valence-electron chi connectivity index (χ1n) is 15.5. The molecule has 0 saturated carbocycles. The molecule has 2 aliphatic rings. The van der Waals surface area contributed by atoms with Gasteiger partial charge in [-0.1, -0.05) is 0 Å². The molecule has 6 nitrogen and oxygen atoms in total. The van der Waals surface area contributed by atoms with E-state index in [1.807, 2.05) is 0 Å². The molecule has 4 rings (SSSR count). The quantitative estimate of drug-likeness (QED) is 0.137. The van der Waals surface area contributed by atoms with Crippen molar-refractivity contribution < 1.29 is 19.2 Å². The van der Waals surface area contributed by atoms with Gasteiger partial charge in [0.05, 0.1) is 0 Å². The van der Waals surface area contributed by atoms with Crippen molar-refractivity contribution in [3.05, 3.63) is 80.4 Å². The molecular formula is C34H44N2O4Sn. The van der Waals surface area contributed by atoms with E-state index in [1.165, 1.54) is 46.0 Å². The molecule has 0 saturated heterocycles. The van der Waals surface area contributed by atoms with Crippen LogP contribution in [0.2, 0.25) is 13.3 Å². The van der Waals surface area contributed by atoms with Gasteiger partial charge in [0.1, 0.15) is 0 Å². The molecule has 2 aromatic rings. The fraction of sp³-hybridized carbons (Fsp3) is 0.471. The molecule has 0 aromatic heterocycles. The molecule has 41 heavy (non-hydrogen) atoms. The average Bonchev–Trinajstić information content (AvgIpc) is 3.39. The van der Waals surface area contributed by atoms with Crippen LogP contribution < -0.4 is 0 Å². The van der Waals surface area contributed by atoms with Gasteiger partial charge in [0, 0.05) is 0 Å². The molecular weight excluding hydrogens is 619 g/mol. The molecule has 0 fully saturated rings. The van der Waals surface area contributed by atoms with Crippen LogP contribution in [-0.2, 0) is 0 Å². The zero-order valence-electron chi connectivity index (χ0n) is 24.9. The number of imide groups is 2. The van der Waals surface area contributed by atoms with Crippen molar-refractivity contribution in [3.63, 3.8) is 0 Å². The minimum atomic E-state index is -2.91. The van der Waals surface area contributed by atoms with Crippen molar-refractivity contribution in [1.82, 2.24) is 9.80 Å². The second-order valence-corrected chi connectivity index (χ2v) is 24.9. The summed E-state index contributed by atoms with van der Waals surface area (Å²) in [5, 5.41) is 0. The fourth-order valence-corrected chi connectivity index (χ4v) is 23.7. The van der Waals surface area contributed by atoms with Crippen LogP contribution in [0.5, 0.6) is 0 Å². The third-order valence-electron chi connectivity index (χ3n) is 8.81. The van der Waals surface area contributed by atoms with Crippen LogP contribution >= 0.6 is 0 Å². The van der Waals surface area contributed by atoms with E-state index in [0.29, 0.717) is 48.2 Å². The first kappa shape index (κ1) is 31.2. The Hall–Kier alpha value is -2.74.